The summed E-state index contributed by atoms with van der Waals surface area (Å²) in [5, 5.41) is 6.14. The van der Waals surface area contributed by atoms with Crippen molar-refractivity contribution in [3.05, 3.63) is 83.4 Å². The zero-order valence-corrected chi connectivity index (χ0v) is 14.3. The van der Waals surface area contributed by atoms with Crippen LogP contribution in [0.15, 0.2) is 61.1 Å². The molecule has 0 aliphatic rings. The molecule has 2 N–H and O–H groups in total. The Morgan fingerprint density at radius 1 is 0.960 bits per heavy atom. The van der Waals surface area contributed by atoms with Crippen LogP contribution in [0.4, 0.5) is 11.4 Å². The second-order valence-electron chi connectivity index (χ2n) is 5.89. The lowest BCUT2D eigenvalue weighted by atomic mass is 10.1. The number of hydrogen-bond acceptors (Lipinski definition) is 4. The number of anilines is 2. The van der Waals surface area contributed by atoms with Gasteiger partial charge in [-0.05, 0) is 66.9 Å². The van der Waals surface area contributed by atoms with Gasteiger partial charge in [-0.3, -0.25) is 9.78 Å². The number of nitrogens with one attached hydrogen (secondary N) is 2. The molecular formula is C20H20N4O. The fourth-order valence-corrected chi connectivity index (χ4v) is 2.36. The van der Waals surface area contributed by atoms with Gasteiger partial charge in [-0.25, -0.2) is 4.98 Å². The fourth-order valence-electron chi connectivity index (χ4n) is 2.36. The summed E-state index contributed by atoms with van der Waals surface area (Å²) in [6.45, 7) is 4.61. The summed E-state index contributed by atoms with van der Waals surface area (Å²) in [5.41, 5.74) is 5.71. The first-order valence-electron chi connectivity index (χ1n) is 8.09. The molecule has 0 atom stereocenters. The normalized spacial score (nSPS) is 10.3. The third-order valence-electron chi connectivity index (χ3n) is 3.99. The van der Waals surface area contributed by atoms with Crippen LogP contribution in [0, 0.1) is 13.8 Å². The van der Waals surface area contributed by atoms with Crippen molar-refractivity contribution >= 4 is 17.3 Å². The second kappa shape index (κ2) is 7.57. The largest absolute Gasteiger partial charge is 0.354 e. The maximum Gasteiger partial charge on any atom is 0.270 e. The summed E-state index contributed by atoms with van der Waals surface area (Å²) in [6, 6.07) is 13.5. The predicted molar refractivity (Wildman–Crippen MR) is 98.8 cm³/mol. The number of benzene rings is 1. The third kappa shape index (κ3) is 4.41. The monoisotopic (exact) mass is 332 g/mol. The summed E-state index contributed by atoms with van der Waals surface area (Å²) in [5.74, 6) is -0.199. The maximum absolute atomic E-state index is 12.2. The lowest BCUT2D eigenvalue weighted by Gasteiger charge is -2.09. The Hall–Kier alpha value is -3.21. The Morgan fingerprint density at radius 3 is 2.40 bits per heavy atom. The first kappa shape index (κ1) is 16.6. The van der Waals surface area contributed by atoms with Crippen molar-refractivity contribution in [3.63, 3.8) is 0 Å². The van der Waals surface area contributed by atoms with E-state index < -0.39 is 0 Å². The van der Waals surface area contributed by atoms with E-state index in [4.69, 9.17) is 0 Å². The molecule has 1 aromatic carbocycles. The molecule has 2 heterocycles. The minimum atomic E-state index is -0.199. The van der Waals surface area contributed by atoms with Gasteiger partial charge in [0.25, 0.3) is 5.91 Å². The van der Waals surface area contributed by atoms with Crippen LogP contribution in [0.25, 0.3) is 0 Å². The van der Waals surface area contributed by atoms with Crippen molar-refractivity contribution < 1.29 is 4.79 Å². The van der Waals surface area contributed by atoms with Crippen LogP contribution < -0.4 is 10.6 Å². The van der Waals surface area contributed by atoms with Crippen molar-refractivity contribution in [2.45, 2.75) is 20.4 Å². The molecule has 25 heavy (non-hydrogen) atoms. The molecule has 0 saturated carbocycles. The molecule has 5 heteroatoms. The molecule has 0 radical (unpaired) electrons. The molecule has 0 unspecified atom stereocenters. The van der Waals surface area contributed by atoms with Crippen LogP contribution in [0.2, 0.25) is 0 Å². The zero-order valence-electron chi connectivity index (χ0n) is 14.3. The van der Waals surface area contributed by atoms with E-state index in [0.29, 0.717) is 12.2 Å². The van der Waals surface area contributed by atoms with E-state index in [1.165, 1.54) is 11.1 Å². The summed E-state index contributed by atoms with van der Waals surface area (Å²) in [6.07, 6.45) is 5.07. The first-order chi connectivity index (χ1) is 12.1. The Morgan fingerprint density at radius 2 is 1.72 bits per heavy atom. The number of hydrogen-bond donors (Lipinski definition) is 2. The second-order valence-corrected chi connectivity index (χ2v) is 5.89. The number of carbonyl (C=O) groups is 1. The number of aryl methyl sites for hydroxylation is 2. The number of aromatic nitrogens is 2. The van der Waals surface area contributed by atoms with E-state index in [1.807, 2.05) is 24.3 Å². The van der Waals surface area contributed by atoms with Crippen LogP contribution in [0.3, 0.4) is 0 Å². The Labute approximate surface area is 147 Å². The van der Waals surface area contributed by atoms with E-state index in [0.717, 1.165) is 16.9 Å². The van der Waals surface area contributed by atoms with Gasteiger partial charge in [-0.2, -0.15) is 0 Å². The topological polar surface area (TPSA) is 66.9 Å². The molecule has 1 amide bonds. The SMILES string of the molecule is Cc1ccc(Nc2ccc(C(=O)NCc3ccncc3)nc2)cc1C. The Kier molecular flexibility index (Phi) is 5.04. The first-order valence-corrected chi connectivity index (χ1v) is 8.09. The third-order valence-corrected chi connectivity index (χ3v) is 3.99. The molecule has 3 aromatic rings. The van der Waals surface area contributed by atoms with Gasteiger partial charge in [0.15, 0.2) is 0 Å². The minimum absolute atomic E-state index is 0.199. The predicted octanol–water partition coefficient (Wildman–Crippen LogP) is 3.77. The lowest BCUT2D eigenvalue weighted by Crippen LogP contribution is -2.23. The van der Waals surface area contributed by atoms with Gasteiger partial charge in [0.2, 0.25) is 0 Å². The zero-order chi connectivity index (χ0) is 17.6. The van der Waals surface area contributed by atoms with Crippen molar-refractivity contribution in [2.75, 3.05) is 5.32 Å². The van der Waals surface area contributed by atoms with Crippen LogP contribution in [-0.2, 0) is 6.54 Å². The van der Waals surface area contributed by atoms with E-state index in [1.54, 1.807) is 24.7 Å². The van der Waals surface area contributed by atoms with Crippen LogP contribution in [-0.4, -0.2) is 15.9 Å². The van der Waals surface area contributed by atoms with E-state index >= 15 is 0 Å². The highest BCUT2D eigenvalue weighted by atomic mass is 16.1. The van der Waals surface area contributed by atoms with E-state index in [-0.39, 0.29) is 5.91 Å². The maximum atomic E-state index is 12.2. The molecule has 0 aliphatic heterocycles. The molecule has 126 valence electrons. The number of nitrogens with zero attached hydrogens (tertiary/aromatic N) is 2. The summed E-state index contributed by atoms with van der Waals surface area (Å²) in [4.78, 5) is 20.4. The molecule has 0 saturated heterocycles. The quantitative estimate of drug-likeness (QED) is 0.746. The minimum Gasteiger partial charge on any atom is -0.354 e. The average molecular weight is 332 g/mol. The van der Waals surface area contributed by atoms with Gasteiger partial charge in [0, 0.05) is 24.6 Å². The highest BCUT2D eigenvalue weighted by Gasteiger charge is 2.07. The standard InChI is InChI=1S/C20H20N4O/c1-14-3-4-17(11-15(14)2)24-18-5-6-19(22-13-18)20(25)23-12-16-7-9-21-10-8-16/h3-11,13,24H,12H2,1-2H3,(H,23,25). The molecule has 0 bridgehead atoms. The molecule has 0 aliphatic carbocycles. The molecular weight excluding hydrogens is 312 g/mol. The smallest absolute Gasteiger partial charge is 0.270 e. The molecule has 0 spiro atoms. The summed E-state index contributed by atoms with van der Waals surface area (Å²) in [7, 11) is 0. The highest BCUT2D eigenvalue weighted by Crippen LogP contribution is 2.19. The van der Waals surface area contributed by atoms with Gasteiger partial charge >= 0.3 is 0 Å². The number of amides is 1. The van der Waals surface area contributed by atoms with Gasteiger partial charge in [-0.1, -0.05) is 6.07 Å². The molecule has 5 nitrogen and oxygen atoms in total. The van der Waals surface area contributed by atoms with Crippen molar-refractivity contribution in [1.82, 2.24) is 15.3 Å². The van der Waals surface area contributed by atoms with Gasteiger partial charge in [-0.15, -0.1) is 0 Å². The number of pyridine rings is 2. The Bertz CT molecular complexity index is 861. The van der Waals surface area contributed by atoms with Crippen LogP contribution in [0.1, 0.15) is 27.2 Å². The van der Waals surface area contributed by atoms with Crippen molar-refractivity contribution in [1.29, 1.82) is 0 Å². The van der Waals surface area contributed by atoms with Crippen molar-refractivity contribution in [2.24, 2.45) is 0 Å². The van der Waals surface area contributed by atoms with Gasteiger partial charge in [0.1, 0.15) is 5.69 Å². The highest BCUT2D eigenvalue weighted by molar-refractivity contribution is 5.92. The fraction of sp³-hybridized carbons (Fsp3) is 0.150. The lowest BCUT2D eigenvalue weighted by molar-refractivity contribution is 0.0946. The Balaban J connectivity index is 1.61. The van der Waals surface area contributed by atoms with Gasteiger partial charge in [0.05, 0.1) is 11.9 Å². The average Bonchev–Trinajstić information content (AvgIpc) is 2.64. The van der Waals surface area contributed by atoms with E-state index in [9.17, 15) is 4.79 Å². The summed E-state index contributed by atoms with van der Waals surface area (Å²) < 4.78 is 0. The number of carbonyl (C=O) groups excluding carboxylic acids is 1. The van der Waals surface area contributed by atoms with Crippen LogP contribution >= 0.6 is 0 Å². The number of rotatable bonds is 5. The van der Waals surface area contributed by atoms with E-state index in [2.05, 4.69) is 46.6 Å². The van der Waals surface area contributed by atoms with Crippen molar-refractivity contribution in [3.8, 4) is 0 Å². The molecule has 3 rings (SSSR count). The van der Waals surface area contributed by atoms with Crippen LogP contribution in [0.5, 0.6) is 0 Å². The van der Waals surface area contributed by atoms with Gasteiger partial charge < -0.3 is 10.6 Å². The molecule has 2 aromatic heterocycles. The molecule has 0 fully saturated rings. The summed E-state index contributed by atoms with van der Waals surface area (Å²) >= 11 is 0.